The number of nitrogens with one attached hydrogen (secondary N) is 3. The Balaban J connectivity index is 0.00000306. The van der Waals surface area contributed by atoms with Crippen molar-refractivity contribution in [3.63, 3.8) is 0 Å². The fourth-order valence-electron chi connectivity index (χ4n) is 3.43. The molecule has 4 aromatic rings. The molecular weight excluding hydrogens is 532 g/mol. The van der Waals surface area contributed by atoms with Crippen molar-refractivity contribution in [3.8, 4) is 5.75 Å². The Morgan fingerprint density at radius 3 is 2.70 bits per heavy atom. The normalized spacial score (nSPS) is 11.2. The Bertz CT molecular complexity index is 1180. The van der Waals surface area contributed by atoms with Crippen LogP contribution in [0.4, 0.5) is 4.39 Å². The zero-order valence-electron chi connectivity index (χ0n) is 18.3. The van der Waals surface area contributed by atoms with Crippen LogP contribution in [0.15, 0.2) is 78.0 Å². The number of nitrogens with zero attached hydrogens (tertiary/aromatic N) is 2. The van der Waals surface area contributed by atoms with E-state index in [-0.39, 0.29) is 29.8 Å². The third-order valence-electron chi connectivity index (χ3n) is 5.14. The van der Waals surface area contributed by atoms with Crippen LogP contribution in [-0.2, 0) is 19.6 Å². The number of rotatable bonds is 8. The molecule has 8 heteroatoms. The summed E-state index contributed by atoms with van der Waals surface area (Å²) in [6.07, 6.45) is 4.49. The zero-order valence-corrected chi connectivity index (χ0v) is 20.7. The molecule has 2 heterocycles. The highest BCUT2D eigenvalue weighted by Crippen LogP contribution is 2.19. The van der Waals surface area contributed by atoms with Gasteiger partial charge in [0.25, 0.3) is 0 Å². The predicted molar refractivity (Wildman–Crippen MR) is 141 cm³/mol. The third kappa shape index (κ3) is 6.92. The highest BCUT2D eigenvalue weighted by molar-refractivity contribution is 14.0. The standard InChI is InChI=1S/C25H26FN5O.HI/c1-27-25(29-13-11-19-16-30-24-14-20(26)7-10-23(19)24)31-15-18-5-8-22(9-6-18)32-17-21-4-2-3-12-28-21;/h2-10,12,14,16,30H,11,13,15,17H2,1H3,(H2,27,29,31);1H. The van der Waals surface area contributed by atoms with Gasteiger partial charge in [0, 0.05) is 43.4 Å². The van der Waals surface area contributed by atoms with Gasteiger partial charge in [-0.15, -0.1) is 24.0 Å². The summed E-state index contributed by atoms with van der Waals surface area (Å²) in [4.78, 5) is 11.7. The summed E-state index contributed by atoms with van der Waals surface area (Å²) in [6, 6.07) is 18.6. The Morgan fingerprint density at radius 1 is 1.09 bits per heavy atom. The second-order valence-electron chi connectivity index (χ2n) is 7.36. The molecule has 0 aliphatic carbocycles. The van der Waals surface area contributed by atoms with Crippen molar-refractivity contribution < 1.29 is 9.13 Å². The van der Waals surface area contributed by atoms with Crippen molar-refractivity contribution >= 4 is 40.8 Å². The first kappa shape index (κ1) is 24.5. The van der Waals surface area contributed by atoms with Crippen LogP contribution in [0.25, 0.3) is 10.9 Å². The molecule has 33 heavy (non-hydrogen) atoms. The van der Waals surface area contributed by atoms with Crippen molar-refractivity contribution in [2.75, 3.05) is 13.6 Å². The van der Waals surface area contributed by atoms with Crippen molar-refractivity contribution in [2.45, 2.75) is 19.6 Å². The minimum absolute atomic E-state index is 0. The summed E-state index contributed by atoms with van der Waals surface area (Å²) in [7, 11) is 1.75. The van der Waals surface area contributed by atoms with Gasteiger partial charge in [0.1, 0.15) is 18.2 Å². The van der Waals surface area contributed by atoms with E-state index in [2.05, 4.69) is 25.6 Å². The summed E-state index contributed by atoms with van der Waals surface area (Å²) in [6.45, 7) is 1.80. The molecule has 6 nitrogen and oxygen atoms in total. The lowest BCUT2D eigenvalue weighted by atomic mass is 10.1. The van der Waals surface area contributed by atoms with E-state index in [1.807, 2.05) is 54.7 Å². The Labute approximate surface area is 209 Å². The van der Waals surface area contributed by atoms with Gasteiger partial charge in [0.05, 0.1) is 5.69 Å². The molecule has 3 N–H and O–H groups in total. The molecule has 172 valence electrons. The van der Waals surface area contributed by atoms with Crippen LogP contribution < -0.4 is 15.4 Å². The van der Waals surface area contributed by atoms with E-state index in [1.54, 1.807) is 13.2 Å². The number of aromatic nitrogens is 2. The van der Waals surface area contributed by atoms with Gasteiger partial charge in [0.2, 0.25) is 0 Å². The molecule has 2 aromatic heterocycles. The summed E-state index contributed by atoms with van der Waals surface area (Å²) in [5.74, 6) is 1.30. The van der Waals surface area contributed by atoms with Crippen LogP contribution in [-0.4, -0.2) is 29.5 Å². The third-order valence-corrected chi connectivity index (χ3v) is 5.14. The molecule has 0 aliphatic heterocycles. The van der Waals surface area contributed by atoms with Gasteiger partial charge in [-0.25, -0.2) is 4.39 Å². The number of guanidine groups is 1. The maximum absolute atomic E-state index is 13.3. The number of benzene rings is 2. The molecule has 0 unspecified atom stereocenters. The molecule has 0 radical (unpaired) electrons. The molecule has 2 aromatic carbocycles. The number of H-pyrrole nitrogens is 1. The van der Waals surface area contributed by atoms with E-state index in [4.69, 9.17) is 4.74 Å². The van der Waals surface area contributed by atoms with Crippen LogP contribution >= 0.6 is 24.0 Å². The topological polar surface area (TPSA) is 74.3 Å². The average molecular weight is 559 g/mol. The van der Waals surface area contributed by atoms with Gasteiger partial charge in [-0.3, -0.25) is 9.98 Å². The lowest BCUT2D eigenvalue weighted by Crippen LogP contribution is -2.37. The van der Waals surface area contributed by atoms with E-state index < -0.39 is 0 Å². The van der Waals surface area contributed by atoms with Crippen LogP contribution in [0.2, 0.25) is 0 Å². The number of hydrogen-bond donors (Lipinski definition) is 3. The smallest absolute Gasteiger partial charge is 0.191 e. The summed E-state index contributed by atoms with van der Waals surface area (Å²) in [5.41, 5.74) is 3.98. The number of pyridine rings is 1. The molecule has 0 aliphatic rings. The predicted octanol–water partition coefficient (Wildman–Crippen LogP) is 4.81. The van der Waals surface area contributed by atoms with Crippen LogP contribution in [0.3, 0.4) is 0 Å². The second kappa shape index (κ2) is 12.2. The minimum Gasteiger partial charge on any atom is -0.487 e. The molecule has 0 saturated heterocycles. The summed E-state index contributed by atoms with van der Waals surface area (Å²) < 4.78 is 19.1. The van der Waals surface area contributed by atoms with E-state index in [9.17, 15) is 4.39 Å². The SMILES string of the molecule is CN=C(NCCc1c[nH]c2cc(F)ccc12)NCc1ccc(OCc2ccccn2)cc1.I. The maximum atomic E-state index is 13.3. The number of aromatic amines is 1. The van der Waals surface area contributed by atoms with Gasteiger partial charge < -0.3 is 20.4 Å². The first-order valence-corrected chi connectivity index (χ1v) is 10.5. The monoisotopic (exact) mass is 559 g/mol. The highest BCUT2D eigenvalue weighted by Gasteiger charge is 2.05. The van der Waals surface area contributed by atoms with Gasteiger partial charge in [-0.1, -0.05) is 18.2 Å². The quantitative estimate of drug-likeness (QED) is 0.165. The summed E-state index contributed by atoms with van der Waals surface area (Å²) >= 11 is 0. The van der Waals surface area contributed by atoms with Crippen molar-refractivity contribution in [3.05, 3.63) is 95.7 Å². The molecule has 0 fully saturated rings. The fraction of sp³-hybridized carbons (Fsp3) is 0.200. The van der Waals surface area contributed by atoms with Crippen LogP contribution in [0.5, 0.6) is 5.75 Å². The lowest BCUT2D eigenvalue weighted by molar-refractivity contribution is 0.301. The Morgan fingerprint density at radius 2 is 1.94 bits per heavy atom. The number of hydrogen-bond acceptors (Lipinski definition) is 3. The molecule has 0 spiro atoms. The molecular formula is C25H27FIN5O. The van der Waals surface area contributed by atoms with E-state index >= 15 is 0 Å². The second-order valence-corrected chi connectivity index (χ2v) is 7.36. The molecule has 0 amide bonds. The number of aliphatic imine (C=N–C) groups is 1. The fourth-order valence-corrected chi connectivity index (χ4v) is 3.43. The number of ether oxygens (including phenoxy) is 1. The van der Waals surface area contributed by atoms with Gasteiger partial charge >= 0.3 is 0 Å². The number of fused-ring (bicyclic) bond motifs is 1. The first-order valence-electron chi connectivity index (χ1n) is 10.5. The molecule has 0 atom stereocenters. The first-order chi connectivity index (χ1) is 15.7. The minimum atomic E-state index is -0.235. The Kier molecular flexibility index (Phi) is 9.05. The lowest BCUT2D eigenvalue weighted by Gasteiger charge is -2.12. The molecule has 0 bridgehead atoms. The molecule has 4 rings (SSSR count). The van der Waals surface area contributed by atoms with Crippen LogP contribution in [0.1, 0.15) is 16.8 Å². The Hall–Kier alpha value is -3.14. The van der Waals surface area contributed by atoms with Gasteiger partial charge in [-0.2, -0.15) is 0 Å². The van der Waals surface area contributed by atoms with Crippen molar-refractivity contribution in [1.29, 1.82) is 0 Å². The zero-order chi connectivity index (χ0) is 22.2. The van der Waals surface area contributed by atoms with Crippen molar-refractivity contribution in [2.24, 2.45) is 4.99 Å². The van der Waals surface area contributed by atoms with E-state index in [0.29, 0.717) is 19.7 Å². The molecule has 0 saturated carbocycles. The number of halogens is 2. The largest absolute Gasteiger partial charge is 0.487 e. The highest BCUT2D eigenvalue weighted by atomic mass is 127. The van der Waals surface area contributed by atoms with Gasteiger partial charge in [-0.05, 0) is 60.0 Å². The summed E-state index contributed by atoms with van der Waals surface area (Å²) in [5, 5.41) is 7.68. The van der Waals surface area contributed by atoms with Gasteiger partial charge in [0.15, 0.2) is 5.96 Å². The van der Waals surface area contributed by atoms with Crippen molar-refractivity contribution in [1.82, 2.24) is 20.6 Å². The van der Waals surface area contributed by atoms with Crippen LogP contribution in [0, 0.1) is 5.82 Å². The average Bonchev–Trinajstić information content (AvgIpc) is 3.23. The van der Waals surface area contributed by atoms with E-state index in [1.165, 1.54) is 12.1 Å². The maximum Gasteiger partial charge on any atom is 0.191 e. The van der Waals surface area contributed by atoms with E-state index in [0.717, 1.165) is 45.9 Å².